The Balaban J connectivity index is 2.14. The Kier molecular flexibility index (Phi) is 4.39. The Labute approximate surface area is 127 Å². The van der Waals surface area contributed by atoms with Gasteiger partial charge in [0.05, 0.1) is 11.9 Å². The Bertz CT molecular complexity index is 603. The number of benzene rings is 1. The summed E-state index contributed by atoms with van der Waals surface area (Å²) in [4.78, 5) is 18.3. The minimum absolute atomic E-state index is 0.145. The van der Waals surface area contributed by atoms with E-state index in [2.05, 4.69) is 26.2 Å². The number of nitrogens with zero attached hydrogens (tertiary/aromatic N) is 2. The molecule has 0 bridgehead atoms. The SMILES string of the molecule is Cc1cc(Br)cc(C(=O)Nc2ccc(N(C)C)nc2)c1. The number of carbonyl (C=O) groups is 1. The van der Waals surface area contributed by atoms with Gasteiger partial charge in [0.15, 0.2) is 0 Å². The second-order valence-corrected chi connectivity index (χ2v) is 5.69. The van der Waals surface area contributed by atoms with E-state index in [0.29, 0.717) is 11.3 Å². The summed E-state index contributed by atoms with van der Waals surface area (Å²) in [5.41, 5.74) is 2.33. The minimum atomic E-state index is -0.145. The molecule has 0 aliphatic heterocycles. The third kappa shape index (κ3) is 3.57. The van der Waals surface area contributed by atoms with E-state index in [1.54, 1.807) is 12.3 Å². The standard InChI is InChI=1S/C15H16BrN3O/c1-10-6-11(8-12(16)7-10)15(20)18-13-4-5-14(17-9-13)19(2)3/h4-9H,1-3H3,(H,18,20). The van der Waals surface area contributed by atoms with E-state index in [0.717, 1.165) is 15.9 Å². The highest BCUT2D eigenvalue weighted by Gasteiger charge is 2.08. The van der Waals surface area contributed by atoms with Gasteiger partial charge < -0.3 is 10.2 Å². The van der Waals surface area contributed by atoms with E-state index in [4.69, 9.17) is 0 Å². The van der Waals surface area contributed by atoms with E-state index >= 15 is 0 Å². The Morgan fingerprint density at radius 3 is 2.55 bits per heavy atom. The molecule has 0 aliphatic rings. The third-order valence-corrected chi connectivity index (χ3v) is 3.23. The third-order valence-electron chi connectivity index (χ3n) is 2.77. The lowest BCUT2D eigenvalue weighted by Gasteiger charge is -2.12. The largest absolute Gasteiger partial charge is 0.363 e. The van der Waals surface area contributed by atoms with Crippen molar-refractivity contribution in [3.8, 4) is 0 Å². The number of halogens is 1. The van der Waals surface area contributed by atoms with Crippen LogP contribution in [0.2, 0.25) is 0 Å². The molecule has 0 atom stereocenters. The number of hydrogen-bond donors (Lipinski definition) is 1. The smallest absolute Gasteiger partial charge is 0.255 e. The number of amides is 1. The number of aryl methyl sites for hydroxylation is 1. The van der Waals surface area contributed by atoms with E-state index in [9.17, 15) is 4.79 Å². The molecule has 5 heteroatoms. The first-order valence-electron chi connectivity index (χ1n) is 6.17. The maximum absolute atomic E-state index is 12.2. The van der Waals surface area contributed by atoms with Crippen LogP contribution in [0.4, 0.5) is 11.5 Å². The molecule has 0 saturated heterocycles. The van der Waals surface area contributed by atoms with Gasteiger partial charge in [0.2, 0.25) is 0 Å². The number of nitrogens with one attached hydrogen (secondary N) is 1. The molecule has 0 fully saturated rings. The van der Waals surface area contributed by atoms with E-state index < -0.39 is 0 Å². The van der Waals surface area contributed by atoms with Crippen molar-refractivity contribution in [2.45, 2.75) is 6.92 Å². The Hall–Kier alpha value is -1.88. The van der Waals surface area contributed by atoms with Gasteiger partial charge in [-0.25, -0.2) is 4.98 Å². The molecule has 0 radical (unpaired) electrons. The number of anilines is 2. The van der Waals surface area contributed by atoms with E-state index in [1.807, 2.05) is 50.2 Å². The monoisotopic (exact) mass is 333 g/mol. The molecule has 1 amide bonds. The van der Waals surface area contributed by atoms with Gasteiger partial charge in [-0.3, -0.25) is 4.79 Å². The van der Waals surface area contributed by atoms with Crippen LogP contribution < -0.4 is 10.2 Å². The molecule has 104 valence electrons. The molecule has 1 N–H and O–H groups in total. The summed E-state index contributed by atoms with van der Waals surface area (Å²) in [5, 5.41) is 2.84. The molecule has 1 aromatic carbocycles. The molecule has 20 heavy (non-hydrogen) atoms. The minimum Gasteiger partial charge on any atom is -0.363 e. The maximum atomic E-state index is 12.2. The van der Waals surface area contributed by atoms with Gasteiger partial charge in [-0.2, -0.15) is 0 Å². The van der Waals surface area contributed by atoms with Crippen LogP contribution >= 0.6 is 15.9 Å². The average Bonchev–Trinajstić information content (AvgIpc) is 2.38. The molecule has 0 saturated carbocycles. The van der Waals surface area contributed by atoms with Gasteiger partial charge in [-0.05, 0) is 42.8 Å². The first-order valence-corrected chi connectivity index (χ1v) is 6.97. The quantitative estimate of drug-likeness (QED) is 0.935. The molecule has 2 aromatic rings. The molecule has 1 aromatic heterocycles. The highest BCUT2D eigenvalue weighted by Crippen LogP contribution is 2.17. The van der Waals surface area contributed by atoms with Crippen LogP contribution in [0.15, 0.2) is 41.0 Å². The molecule has 4 nitrogen and oxygen atoms in total. The first-order chi connectivity index (χ1) is 9.45. The van der Waals surface area contributed by atoms with Gasteiger partial charge in [-0.15, -0.1) is 0 Å². The number of aromatic nitrogens is 1. The van der Waals surface area contributed by atoms with Crippen molar-refractivity contribution < 1.29 is 4.79 Å². The van der Waals surface area contributed by atoms with Gasteiger partial charge in [-0.1, -0.05) is 15.9 Å². The van der Waals surface area contributed by atoms with Gasteiger partial charge >= 0.3 is 0 Å². The molecule has 1 heterocycles. The predicted molar refractivity (Wildman–Crippen MR) is 85.4 cm³/mol. The Morgan fingerprint density at radius 1 is 1.25 bits per heavy atom. The zero-order chi connectivity index (χ0) is 14.7. The fraction of sp³-hybridized carbons (Fsp3) is 0.200. The van der Waals surface area contributed by atoms with Crippen molar-refractivity contribution in [1.82, 2.24) is 4.98 Å². The molecular weight excluding hydrogens is 318 g/mol. The topological polar surface area (TPSA) is 45.2 Å². The molecule has 2 rings (SSSR count). The number of hydrogen-bond acceptors (Lipinski definition) is 3. The molecule has 0 spiro atoms. The Morgan fingerprint density at radius 2 is 2.00 bits per heavy atom. The van der Waals surface area contributed by atoms with E-state index in [1.165, 1.54) is 0 Å². The van der Waals surface area contributed by atoms with Crippen molar-refractivity contribution in [3.05, 3.63) is 52.1 Å². The lowest BCUT2D eigenvalue weighted by molar-refractivity contribution is 0.102. The summed E-state index contributed by atoms with van der Waals surface area (Å²) in [6, 6.07) is 9.31. The zero-order valence-corrected chi connectivity index (χ0v) is 13.2. The van der Waals surface area contributed by atoms with Crippen molar-refractivity contribution >= 4 is 33.3 Å². The second kappa shape index (κ2) is 6.05. The van der Waals surface area contributed by atoms with Crippen molar-refractivity contribution in [2.75, 3.05) is 24.3 Å². The summed E-state index contributed by atoms with van der Waals surface area (Å²) < 4.78 is 0.892. The molecule has 0 unspecified atom stereocenters. The lowest BCUT2D eigenvalue weighted by atomic mass is 10.1. The van der Waals surface area contributed by atoms with Crippen LogP contribution in [0.5, 0.6) is 0 Å². The zero-order valence-electron chi connectivity index (χ0n) is 11.6. The normalized spacial score (nSPS) is 10.2. The first kappa shape index (κ1) is 14.5. The van der Waals surface area contributed by atoms with Gasteiger partial charge in [0.1, 0.15) is 5.82 Å². The average molecular weight is 334 g/mol. The maximum Gasteiger partial charge on any atom is 0.255 e. The molecular formula is C15H16BrN3O. The lowest BCUT2D eigenvalue weighted by Crippen LogP contribution is -2.14. The van der Waals surface area contributed by atoms with Crippen LogP contribution in [0, 0.1) is 6.92 Å². The fourth-order valence-corrected chi connectivity index (χ4v) is 2.40. The van der Waals surface area contributed by atoms with Crippen molar-refractivity contribution in [1.29, 1.82) is 0 Å². The van der Waals surface area contributed by atoms with Crippen LogP contribution in [-0.4, -0.2) is 25.0 Å². The number of rotatable bonds is 3. The van der Waals surface area contributed by atoms with Crippen LogP contribution in [0.25, 0.3) is 0 Å². The van der Waals surface area contributed by atoms with Crippen molar-refractivity contribution in [2.24, 2.45) is 0 Å². The highest BCUT2D eigenvalue weighted by molar-refractivity contribution is 9.10. The van der Waals surface area contributed by atoms with E-state index in [-0.39, 0.29) is 5.91 Å². The van der Waals surface area contributed by atoms with Crippen molar-refractivity contribution in [3.63, 3.8) is 0 Å². The number of carbonyl (C=O) groups excluding carboxylic acids is 1. The predicted octanol–water partition coefficient (Wildman–Crippen LogP) is 3.47. The summed E-state index contributed by atoms with van der Waals surface area (Å²) in [5.74, 6) is 0.704. The fourth-order valence-electron chi connectivity index (χ4n) is 1.80. The summed E-state index contributed by atoms with van der Waals surface area (Å²) in [7, 11) is 3.84. The molecule has 0 aliphatic carbocycles. The summed E-state index contributed by atoms with van der Waals surface area (Å²) in [6.45, 7) is 1.95. The van der Waals surface area contributed by atoms with Gasteiger partial charge in [0, 0.05) is 24.1 Å². The second-order valence-electron chi connectivity index (χ2n) is 4.77. The van der Waals surface area contributed by atoms with Crippen LogP contribution in [0.1, 0.15) is 15.9 Å². The van der Waals surface area contributed by atoms with Crippen LogP contribution in [-0.2, 0) is 0 Å². The van der Waals surface area contributed by atoms with Crippen LogP contribution in [0.3, 0.4) is 0 Å². The highest BCUT2D eigenvalue weighted by atomic mass is 79.9. The van der Waals surface area contributed by atoms with Gasteiger partial charge in [0.25, 0.3) is 5.91 Å². The summed E-state index contributed by atoms with van der Waals surface area (Å²) in [6.07, 6.45) is 1.65. The number of pyridine rings is 1. The summed E-state index contributed by atoms with van der Waals surface area (Å²) >= 11 is 3.39.